The van der Waals surface area contributed by atoms with Gasteiger partial charge in [0.2, 0.25) is 0 Å². The molecule has 0 bridgehead atoms. The summed E-state index contributed by atoms with van der Waals surface area (Å²) < 4.78 is 23.1. The zero-order valence-corrected chi connectivity index (χ0v) is 37.2. The van der Waals surface area contributed by atoms with Crippen molar-refractivity contribution in [2.24, 2.45) is 0 Å². The van der Waals surface area contributed by atoms with Crippen LogP contribution in [0.3, 0.4) is 0 Å². The summed E-state index contributed by atoms with van der Waals surface area (Å²) in [7, 11) is -1.55. The average Bonchev–Trinajstić information content (AvgIpc) is 3.31. The maximum absolute atomic E-state index is 13.3. The number of hydrogen-bond acceptors (Lipinski definition) is 14. The van der Waals surface area contributed by atoms with E-state index in [4.69, 9.17) is 17.4 Å². The molecule has 65 heavy (non-hydrogen) atoms. The van der Waals surface area contributed by atoms with Gasteiger partial charge in [0.15, 0.2) is 0 Å². The molecular weight excluding hydrogens is 889 g/mol. The molecule has 2 aromatic heterocycles. The second-order valence-corrected chi connectivity index (χ2v) is 18.8. The van der Waals surface area contributed by atoms with Crippen molar-refractivity contribution >= 4 is 65.6 Å². The minimum atomic E-state index is -3.49. The number of carbonyl (C=O) groups is 8. The topological polar surface area (TPSA) is 328 Å². The third kappa shape index (κ3) is 13.9. The van der Waals surface area contributed by atoms with Crippen molar-refractivity contribution in [2.75, 3.05) is 34.4 Å². The molecule has 1 radical (unpaired) electrons. The normalized spacial score (nSPS) is 11.1. The molecule has 343 valence electrons. The highest BCUT2D eigenvalue weighted by molar-refractivity contribution is 6.69. The number of carboxylic acid groups (broad SMARTS) is 4. The van der Waals surface area contributed by atoms with E-state index in [-0.39, 0.29) is 51.1 Å². The highest BCUT2D eigenvalue weighted by atomic mass is 28.4. The first kappa shape index (κ1) is 50.4. The highest BCUT2D eigenvalue weighted by Gasteiger charge is 2.42. The molecule has 2 heterocycles. The molecule has 4 rings (SSSR count). The Morgan fingerprint density at radius 1 is 0.523 bits per heavy atom. The van der Waals surface area contributed by atoms with Gasteiger partial charge in [0, 0.05) is 78.3 Å². The number of rotatable bonds is 25. The van der Waals surface area contributed by atoms with Crippen LogP contribution in [-0.2, 0) is 30.5 Å². The molecule has 22 nitrogen and oxygen atoms in total. The van der Waals surface area contributed by atoms with Crippen LogP contribution in [0.1, 0.15) is 107 Å². The summed E-state index contributed by atoms with van der Waals surface area (Å²) in [6, 6.07) is 10.2. The van der Waals surface area contributed by atoms with Crippen molar-refractivity contribution in [2.45, 2.75) is 38.0 Å². The van der Waals surface area contributed by atoms with Crippen LogP contribution in [0.25, 0.3) is 0 Å². The van der Waals surface area contributed by atoms with Crippen LogP contribution >= 0.6 is 0 Å². The van der Waals surface area contributed by atoms with Crippen LogP contribution in [0, 0.1) is 0 Å². The lowest BCUT2D eigenvalue weighted by Crippen LogP contribution is -2.49. The van der Waals surface area contributed by atoms with Crippen molar-refractivity contribution < 1.29 is 76.2 Å². The Morgan fingerprint density at radius 3 is 1.22 bits per heavy atom. The predicted octanol–water partition coefficient (Wildman–Crippen LogP) is 2.45. The van der Waals surface area contributed by atoms with Crippen molar-refractivity contribution in [3.05, 3.63) is 129 Å². The maximum Gasteiger partial charge on any atom is 0.491 e. The van der Waals surface area contributed by atoms with Gasteiger partial charge in [-0.2, -0.15) is 0 Å². The van der Waals surface area contributed by atoms with Crippen LogP contribution < -0.4 is 21.3 Å². The smallest absolute Gasteiger partial charge is 0.478 e. The van der Waals surface area contributed by atoms with Crippen LogP contribution in [0.4, 0.5) is 0 Å². The second kappa shape index (κ2) is 24.0. The summed E-state index contributed by atoms with van der Waals surface area (Å²) in [5.41, 5.74) is -2.95. The highest BCUT2D eigenvalue weighted by Crippen LogP contribution is 2.22. The molecule has 0 fully saturated rings. The molecule has 0 spiro atoms. The van der Waals surface area contributed by atoms with Gasteiger partial charge in [-0.05, 0) is 78.5 Å². The Hall–Kier alpha value is -7.23. The van der Waals surface area contributed by atoms with E-state index in [9.17, 15) is 58.8 Å². The lowest BCUT2D eigenvalue weighted by Gasteiger charge is -2.29. The molecule has 4 amide bonds. The predicted molar refractivity (Wildman–Crippen MR) is 229 cm³/mol. The molecule has 4 aromatic rings. The van der Waals surface area contributed by atoms with E-state index < -0.39 is 110 Å². The quantitative estimate of drug-likeness (QED) is 0.0349. The maximum atomic E-state index is 13.3. The fourth-order valence-electron chi connectivity index (χ4n) is 6.14. The van der Waals surface area contributed by atoms with Crippen LogP contribution in [0.15, 0.2) is 73.3 Å². The van der Waals surface area contributed by atoms with Crippen molar-refractivity contribution in [3.63, 3.8) is 0 Å². The van der Waals surface area contributed by atoms with Crippen molar-refractivity contribution in [1.29, 1.82) is 0 Å². The lowest BCUT2D eigenvalue weighted by atomic mass is 9.97. The molecule has 0 aliphatic rings. The summed E-state index contributed by atoms with van der Waals surface area (Å²) in [4.78, 5) is 109. The Morgan fingerprint density at radius 2 is 0.862 bits per heavy atom. The monoisotopic (exact) mass is 933 g/mol. The number of pyridine rings is 2. The number of carbonyl (C=O) groups excluding carboxylic acids is 4. The summed E-state index contributed by atoms with van der Waals surface area (Å²) in [5.74, 6) is -9.84. The van der Waals surface area contributed by atoms with E-state index >= 15 is 0 Å². The minimum absolute atomic E-state index is 0.000750. The number of carboxylic acids is 4. The van der Waals surface area contributed by atoms with Gasteiger partial charge in [0.05, 0.1) is 44.5 Å². The molecule has 8 N–H and O–H groups in total. The number of aromatic nitrogens is 2. The second-order valence-electron chi connectivity index (χ2n) is 13.7. The fourth-order valence-corrected chi connectivity index (χ4v) is 11.2. The van der Waals surface area contributed by atoms with E-state index in [1.807, 2.05) is 0 Å². The molecule has 0 saturated heterocycles. The van der Waals surface area contributed by atoms with E-state index in [0.29, 0.717) is 11.1 Å². The fraction of sp³-hybridized carbons (Fsp3) is 0.268. The van der Waals surface area contributed by atoms with E-state index in [1.54, 1.807) is 24.3 Å². The Bertz CT molecular complexity index is 2400. The number of aromatic carboxylic acids is 4. The molecule has 2 aromatic carbocycles. The molecule has 0 aliphatic heterocycles. The molecule has 0 atom stereocenters. The average molecular weight is 934 g/mol. The van der Waals surface area contributed by atoms with Gasteiger partial charge >= 0.3 is 42.0 Å². The van der Waals surface area contributed by atoms with Crippen LogP contribution in [0.5, 0.6) is 0 Å². The summed E-state index contributed by atoms with van der Waals surface area (Å²) in [5, 5.41) is 49.6. The molecule has 0 unspecified atom stereocenters. The number of hydrogen-bond donors (Lipinski definition) is 8. The Balaban J connectivity index is 1.35. The first-order chi connectivity index (χ1) is 31.0. The van der Waals surface area contributed by atoms with Crippen molar-refractivity contribution in [1.82, 2.24) is 31.2 Å². The van der Waals surface area contributed by atoms with Gasteiger partial charge in [-0.1, -0.05) is 0 Å². The lowest BCUT2D eigenvalue weighted by molar-refractivity contribution is 0.0675. The van der Waals surface area contributed by atoms with Gasteiger partial charge in [-0.15, -0.1) is 0 Å². The standard InChI is InChI=1S/C41H45N6O16Si2/c1-60-64(16-4-10-44-35(49)28-19-31(39(54)55)29(20-30(28)38(52)53)37(51)47-23-25-8-14-43-15-9-25)63-65(61-2,62-3)17-5-11-45-34(48)26-18-27(33(41(58)59)21-32(26)40(56)57)36(50)46-22-24-6-12-42-13-7-24/h6-9,12-15,18-21H,4-5,10-11,16-17,22-23H2,1-3H3,(H,44,49)(H,45,48)(H,46,50)(H,47,51)(H,52,53)(H,54,55)(H,56,57)(H,58,59). The first-order valence-electron chi connectivity index (χ1n) is 19.4. The summed E-state index contributed by atoms with van der Waals surface area (Å²) >= 11 is 0. The number of amides is 4. The van der Waals surface area contributed by atoms with Gasteiger partial charge in [-0.25, -0.2) is 19.2 Å². The number of nitrogens with zero attached hydrogens (tertiary/aromatic N) is 2. The van der Waals surface area contributed by atoms with Gasteiger partial charge in [-0.3, -0.25) is 29.1 Å². The molecule has 0 saturated carbocycles. The first-order valence-corrected chi connectivity index (χ1v) is 22.9. The third-order valence-corrected chi connectivity index (χ3v) is 15.1. The number of benzene rings is 2. The molecule has 0 aliphatic carbocycles. The Labute approximate surface area is 373 Å². The third-order valence-electron chi connectivity index (χ3n) is 9.53. The number of nitrogens with one attached hydrogen (secondary N) is 4. The molecular formula is C41H45N6O16Si2. The van der Waals surface area contributed by atoms with E-state index in [1.165, 1.54) is 46.1 Å². The SMILES string of the molecule is CO[Si](CCCNC(=O)c1cc(C(=O)O)c(C(=O)NCc2ccncc2)cc1C(=O)O)O[Si](CCCNC(=O)c1cc(C(=O)NCc2ccncc2)c(C(=O)O)cc1C(=O)O)(OC)OC. The van der Waals surface area contributed by atoms with Gasteiger partial charge < -0.3 is 59.1 Å². The Kier molecular flexibility index (Phi) is 18.6. The van der Waals surface area contributed by atoms with Crippen LogP contribution in [-0.4, -0.2) is 130 Å². The summed E-state index contributed by atoms with van der Waals surface area (Å²) in [6.45, 7) is -0.0956. The largest absolute Gasteiger partial charge is 0.491 e. The minimum Gasteiger partial charge on any atom is -0.478 e. The van der Waals surface area contributed by atoms with Crippen LogP contribution in [0.2, 0.25) is 12.1 Å². The van der Waals surface area contributed by atoms with Crippen molar-refractivity contribution in [3.8, 4) is 0 Å². The van der Waals surface area contributed by atoms with Gasteiger partial charge in [0.25, 0.3) is 23.6 Å². The van der Waals surface area contributed by atoms with E-state index in [0.717, 1.165) is 24.3 Å². The summed E-state index contributed by atoms with van der Waals surface area (Å²) in [6.07, 6.45) is 6.41. The zero-order chi connectivity index (χ0) is 47.7. The van der Waals surface area contributed by atoms with Gasteiger partial charge in [0.1, 0.15) is 0 Å². The van der Waals surface area contributed by atoms with E-state index in [2.05, 4.69) is 31.2 Å². The zero-order valence-electron chi connectivity index (χ0n) is 35.2. The molecule has 24 heteroatoms.